The first-order valence-electron chi connectivity index (χ1n) is 6.86. The lowest BCUT2D eigenvalue weighted by Crippen LogP contribution is -2.13. The largest absolute Gasteiger partial charge is 0.319 e. The lowest BCUT2D eigenvalue weighted by atomic mass is 10.2. The van der Waals surface area contributed by atoms with Crippen LogP contribution in [0, 0.1) is 0 Å². The number of anilines is 1. The first-order valence-corrected chi connectivity index (χ1v) is 6.86. The van der Waals surface area contributed by atoms with Gasteiger partial charge >= 0.3 is 0 Å². The van der Waals surface area contributed by atoms with E-state index in [-0.39, 0.29) is 5.91 Å². The van der Waals surface area contributed by atoms with E-state index in [1.54, 1.807) is 23.1 Å². The summed E-state index contributed by atoms with van der Waals surface area (Å²) in [5, 5.41) is 13.9. The highest BCUT2D eigenvalue weighted by Crippen LogP contribution is 2.40. The van der Waals surface area contributed by atoms with Gasteiger partial charge in [-0.15, -0.1) is 0 Å². The third-order valence-electron chi connectivity index (χ3n) is 3.74. The summed E-state index contributed by atoms with van der Waals surface area (Å²) in [4.78, 5) is 16.5. The molecule has 21 heavy (non-hydrogen) atoms. The average Bonchev–Trinajstić information content (AvgIpc) is 3.06. The van der Waals surface area contributed by atoms with E-state index in [9.17, 15) is 4.79 Å². The van der Waals surface area contributed by atoms with E-state index in [1.807, 2.05) is 13.1 Å². The fourth-order valence-corrected chi connectivity index (χ4v) is 2.50. The predicted molar refractivity (Wildman–Crippen MR) is 77.0 cm³/mol. The Labute approximate surface area is 120 Å². The number of carbonyl (C=O) groups excluding carboxylic acids is 1. The summed E-state index contributed by atoms with van der Waals surface area (Å²) in [5.41, 5.74) is 3.64. The quantitative estimate of drug-likeness (QED) is 0.767. The number of hydrogen-bond acceptors (Lipinski definition) is 4. The molecule has 1 aliphatic rings. The van der Waals surface area contributed by atoms with Crippen molar-refractivity contribution in [1.29, 1.82) is 0 Å². The van der Waals surface area contributed by atoms with Gasteiger partial charge < -0.3 is 5.32 Å². The Hall–Kier alpha value is -2.70. The number of rotatable bonds is 3. The van der Waals surface area contributed by atoms with Crippen molar-refractivity contribution in [3.05, 3.63) is 35.9 Å². The Bertz CT molecular complexity index is 829. The third kappa shape index (κ3) is 2.06. The molecule has 3 aromatic rings. The maximum absolute atomic E-state index is 12.3. The highest BCUT2D eigenvalue weighted by molar-refractivity contribution is 6.06. The van der Waals surface area contributed by atoms with Crippen molar-refractivity contribution in [3.8, 4) is 0 Å². The number of aromatic nitrogens is 5. The first kappa shape index (κ1) is 12.1. The van der Waals surface area contributed by atoms with E-state index in [0.29, 0.717) is 28.3 Å². The molecule has 0 radical (unpaired) electrons. The monoisotopic (exact) mass is 282 g/mol. The third-order valence-corrected chi connectivity index (χ3v) is 3.74. The lowest BCUT2D eigenvalue weighted by Gasteiger charge is -2.03. The molecule has 0 unspecified atom stereocenters. The highest BCUT2D eigenvalue weighted by atomic mass is 16.2. The molecule has 4 rings (SSSR count). The van der Waals surface area contributed by atoms with Crippen molar-refractivity contribution in [2.75, 3.05) is 5.32 Å². The van der Waals surface area contributed by atoms with Gasteiger partial charge in [0.05, 0.1) is 11.9 Å². The number of pyridine rings is 1. The standard InChI is InChI=1S/C14H14N6O/c1-20-12(8-2-3-8)6-10(19-20)14(21)17-9-4-5-15-11-7-16-18-13(9)11/h4-8H,2-3H2,1H3,(H,16,18)(H,15,17,21). The Balaban J connectivity index is 1.63. The van der Waals surface area contributed by atoms with E-state index < -0.39 is 0 Å². The fraction of sp³-hybridized carbons (Fsp3) is 0.286. The van der Waals surface area contributed by atoms with Crippen LogP contribution < -0.4 is 5.32 Å². The Morgan fingerprint density at radius 1 is 1.48 bits per heavy atom. The topological polar surface area (TPSA) is 88.5 Å². The Kier molecular flexibility index (Phi) is 2.53. The maximum Gasteiger partial charge on any atom is 0.276 e. The van der Waals surface area contributed by atoms with Gasteiger partial charge in [-0.25, -0.2) is 0 Å². The molecular weight excluding hydrogens is 268 g/mol. The van der Waals surface area contributed by atoms with Crippen LogP contribution in [-0.2, 0) is 7.05 Å². The van der Waals surface area contributed by atoms with Gasteiger partial charge in [-0.05, 0) is 25.0 Å². The highest BCUT2D eigenvalue weighted by Gasteiger charge is 2.28. The summed E-state index contributed by atoms with van der Waals surface area (Å²) >= 11 is 0. The van der Waals surface area contributed by atoms with Gasteiger partial charge in [0.1, 0.15) is 11.0 Å². The summed E-state index contributed by atoms with van der Waals surface area (Å²) in [6.45, 7) is 0. The van der Waals surface area contributed by atoms with Crippen LogP contribution in [0.5, 0.6) is 0 Å². The summed E-state index contributed by atoms with van der Waals surface area (Å²) < 4.78 is 1.80. The molecule has 7 nitrogen and oxygen atoms in total. The van der Waals surface area contributed by atoms with Crippen LogP contribution in [0.4, 0.5) is 5.69 Å². The van der Waals surface area contributed by atoms with Gasteiger partial charge in [-0.2, -0.15) is 10.2 Å². The fourth-order valence-electron chi connectivity index (χ4n) is 2.50. The zero-order valence-electron chi connectivity index (χ0n) is 11.5. The van der Waals surface area contributed by atoms with Gasteiger partial charge in [-0.3, -0.25) is 19.6 Å². The van der Waals surface area contributed by atoms with E-state index >= 15 is 0 Å². The number of carbonyl (C=O) groups is 1. The molecule has 1 fully saturated rings. The molecule has 0 aromatic carbocycles. The predicted octanol–water partition coefficient (Wildman–Crippen LogP) is 1.82. The minimum Gasteiger partial charge on any atom is -0.319 e. The normalized spacial score (nSPS) is 14.5. The molecule has 1 amide bonds. The van der Waals surface area contributed by atoms with E-state index in [4.69, 9.17) is 0 Å². The van der Waals surface area contributed by atoms with Crippen molar-refractivity contribution in [2.45, 2.75) is 18.8 Å². The van der Waals surface area contributed by atoms with Crippen molar-refractivity contribution in [3.63, 3.8) is 0 Å². The van der Waals surface area contributed by atoms with Crippen molar-refractivity contribution in [2.24, 2.45) is 7.05 Å². The number of aryl methyl sites for hydroxylation is 1. The molecule has 3 aromatic heterocycles. The number of fused-ring (bicyclic) bond motifs is 1. The second-order valence-corrected chi connectivity index (χ2v) is 5.30. The molecule has 0 bridgehead atoms. The SMILES string of the molecule is Cn1nc(C(=O)Nc2ccnc3cn[nH]c23)cc1C1CC1. The van der Waals surface area contributed by atoms with Crippen LogP contribution in [0.25, 0.3) is 11.0 Å². The van der Waals surface area contributed by atoms with E-state index in [1.165, 1.54) is 12.8 Å². The smallest absolute Gasteiger partial charge is 0.276 e. The van der Waals surface area contributed by atoms with Crippen LogP contribution in [0.2, 0.25) is 0 Å². The molecule has 1 saturated carbocycles. The van der Waals surface area contributed by atoms with E-state index in [2.05, 4.69) is 25.6 Å². The lowest BCUT2D eigenvalue weighted by molar-refractivity contribution is 0.102. The summed E-state index contributed by atoms with van der Waals surface area (Å²) in [6.07, 6.45) is 5.62. The number of nitrogens with one attached hydrogen (secondary N) is 2. The van der Waals surface area contributed by atoms with Crippen molar-refractivity contribution < 1.29 is 4.79 Å². The summed E-state index contributed by atoms with van der Waals surface area (Å²) in [7, 11) is 1.88. The van der Waals surface area contributed by atoms with Crippen LogP contribution in [-0.4, -0.2) is 30.9 Å². The summed E-state index contributed by atoms with van der Waals surface area (Å²) in [5.74, 6) is 0.337. The number of H-pyrrole nitrogens is 1. The minimum atomic E-state index is -0.223. The molecule has 7 heteroatoms. The molecule has 0 aliphatic heterocycles. The van der Waals surface area contributed by atoms with Gasteiger partial charge in [0, 0.05) is 24.9 Å². The van der Waals surface area contributed by atoms with Gasteiger partial charge in [0.2, 0.25) is 0 Å². The molecular formula is C14H14N6O. The van der Waals surface area contributed by atoms with Crippen LogP contribution in [0.3, 0.4) is 0 Å². The minimum absolute atomic E-state index is 0.223. The molecule has 106 valence electrons. The van der Waals surface area contributed by atoms with Gasteiger partial charge in [-0.1, -0.05) is 0 Å². The van der Waals surface area contributed by atoms with Gasteiger partial charge in [0.25, 0.3) is 5.91 Å². The molecule has 0 spiro atoms. The van der Waals surface area contributed by atoms with E-state index in [0.717, 1.165) is 5.69 Å². The summed E-state index contributed by atoms with van der Waals surface area (Å²) in [6, 6.07) is 3.61. The van der Waals surface area contributed by atoms with Crippen molar-refractivity contribution in [1.82, 2.24) is 25.0 Å². The van der Waals surface area contributed by atoms with Crippen molar-refractivity contribution >= 4 is 22.6 Å². The molecule has 0 saturated heterocycles. The van der Waals surface area contributed by atoms with Crippen LogP contribution in [0.15, 0.2) is 24.5 Å². The molecule has 3 heterocycles. The maximum atomic E-state index is 12.3. The second kappa shape index (κ2) is 4.41. The first-order chi connectivity index (χ1) is 10.2. The Morgan fingerprint density at radius 2 is 2.33 bits per heavy atom. The molecule has 1 aliphatic carbocycles. The zero-order chi connectivity index (χ0) is 14.4. The number of hydrogen-bond donors (Lipinski definition) is 2. The number of nitrogens with zero attached hydrogens (tertiary/aromatic N) is 4. The Morgan fingerprint density at radius 3 is 3.14 bits per heavy atom. The molecule has 0 atom stereocenters. The molecule has 2 N–H and O–H groups in total. The zero-order valence-corrected chi connectivity index (χ0v) is 11.5. The second-order valence-electron chi connectivity index (χ2n) is 5.30. The number of aromatic amines is 1. The number of amides is 1. The van der Waals surface area contributed by atoms with Crippen LogP contribution in [0.1, 0.15) is 34.9 Å². The average molecular weight is 282 g/mol. The van der Waals surface area contributed by atoms with Gasteiger partial charge in [0.15, 0.2) is 5.69 Å². The van der Waals surface area contributed by atoms with Crippen LogP contribution >= 0.6 is 0 Å².